The Kier molecular flexibility index (Phi) is 7.99. The first kappa shape index (κ1) is 25.1. The van der Waals surface area contributed by atoms with E-state index in [1.54, 1.807) is 6.07 Å². The Morgan fingerprint density at radius 1 is 0.690 bits per heavy atom. The van der Waals surface area contributed by atoms with E-state index in [-0.39, 0.29) is 10.8 Å². The molecule has 0 saturated carbocycles. The normalized spacial score (nSPS) is 13.1. The van der Waals surface area contributed by atoms with Crippen LogP contribution in [0.15, 0.2) is 30.3 Å². The highest BCUT2D eigenvalue weighted by Gasteiger charge is 2.22. The topological polar surface area (TPSA) is 40.5 Å². The smallest absolute Gasteiger partial charge is 0.119 e. The summed E-state index contributed by atoms with van der Waals surface area (Å²) in [5.74, 6) is 1.97. The summed E-state index contributed by atoms with van der Waals surface area (Å²) < 4.78 is 0. The first-order valence-electron chi connectivity index (χ1n) is 10.7. The minimum absolute atomic E-state index is 0.0107. The van der Waals surface area contributed by atoms with Crippen molar-refractivity contribution in [2.45, 2.75) is 92.9 Å². The molecule has 2 heteroatoms. The highest BCUT2D eigenvalue weighted by molar-refractivity contribution is 5.46. The van der Waals surface area contributed by atoms with Crippen molar-refractivity contribution in [1.82, 2.24) is 0 Å². The van der Waals surface area contributed by atoms with Gasteiger partial charge in [0, 0.05) is 0 Å². The molecule has 29 heavy (non-hydrogen) atoms. The van der Waals surface area contributed by atoms with Crippen LogP contribution in [0.3, 0.4) is 0 Å². The molecule has 2 aromatic rings. The molecule has 0 radical (unpaired) electrons. The maximum absolute atomic E-state index is 10.1. The van der Waals surface area contributed by atoms with Crippen molar-refractivity contribution in [1.29, 1.82) is 0 Å². The van der Waals surface area contributed by atoms with E-state index in [1.165, 1.54) is 11.1 Å². The van der Waals surface area contributed by atoms with Crippen molar-refractivity contribution < 1.29 is 10.2 Å². The summed E-state index contributed by atoms with van der Waals surface area (Å²) in [6.45, 7) is 23.5. The van der Waals surface area contributed by atoms with Gasteiger partial charge in [-0.1, -0.05) is 80.5 Å². The molecule has 0 saturated heterocycles. The fourth-order valence-electron chi connectivity index (χ4n) is 3.44. The van der Waals surface area contributed by atoms with Crippen molar-refractivity contribution in [3.8, 4) is 11.5 Å². The van der Waals surface area contributed by atoms with E-state index in [4.69, 9.17) is 0 Å². The number of rotatable bonds is 2. The summed E-state index contributed by atoms with van der Waals surface area (Å²) in [6.07, 6.45) is 0. The van der Waals surface area contributed by atoms with Crippen LogP contribution in [0.4, 0.5) is 0 Å². The van der Waals surface area contributed by atoms with Gasteiger partial charge in [0.15, 0.2) is 0 Å². The summed E-state index contributed by atoms with van der Waals surface area (Å²) in [5, 5.41) is 19.7. The maximum Gasteiger partial charge on any atom is 0.119 e. The molecule has 0 amide bonds. The van der Waals surface area contributed by atoms with Gasteiger partial charge < -0.3 is 10.2 Å². The molecule has 0 aromatic heterocycles. The molecule has 0 spiro atoms. The molecule has 162 valence electrons. The molecule has 2 N–H and O–H groups in total. The zero-order valence-corrected chi connectivity index (χ0v) is 20.4. The van der Waals surface area contributed by atoms with Gasteiger partial charge in [0.2, 0.25) is 0 Å². The molecule has 0 bridgehead atoms. The second-order valence-corrected chi connectivity index (χ2v) is 10.8. The summed E-state index contributed by atoms with van der Waals surface area (Å²) in [6, 6.07) is 9.93. The van der Waals surface area contributed by atoms with Crippen LogP contribution in [0.5, 0.6) is 11.5 Å². The Labute approximate surface area is 179 Å². The minimum atomic E-state index is -0.0107. The Morgan fingerprint density at radius 3 is 1.59 bits per heavy atom. The monoisotopic (exact) mass is 398 g/mol. The van der Waals surface area contributed by atoms with Crippen molar-refractivity contribution in [3.63, 3.8) is 0 Å². The van der Waals surface area contributed by atoms with E-state index >= 15 is 0 Å². The van der Waals surface area contributed by atoms with Gasteiger partial charge in [0.1, 0.15) is 11.5 Å². The van der Waals surface area contributed by atoms with Gasteiger partial charge in [-0.25, -0.2) is 0 Å². The third-order valence-corrected chi connectivity index (χ3v) is 5.64. The van der Waals surface area contributed by atoms with E-state index in [0.717, 1.165) is 16.7 Å². The SMILES string of the molecule is Cc1cc(O)c(C(C)(C)C)cc1C(C)C(C)C.Cc1ccc(C(C)(C)C)c(O)c1. The largest absolute Gasteiger partial charge is 0.508 e. The lowest BCUT2D eigenvalue weighted by Gasteiger charge is -2.25. The van der Waals surface area contributed by atoms with E-state index < -0.39 is 0 Å². The zero-order valence-electron chi connectivity index (χ0n) is 20.4. The molecule has 1 unspecified atom stereocenters. The first-order valence-corrected chi connectivity index (χ1v) is 10.7. The van der Waals surface area contributed by atoms with Crippen LogP contribution >= 0.6 is 0 Å². The van der Waals surface area contributed by atoms with E-state index in [0.29, 0.717) is 23.3 Å². The van der Waals surface area contributed by atoms with Crippen LogP contribution in [0.2, 0.25) is 0 Å². The zero-order chi connectivity index (χ0) is 22.7. The summed E-state index contributed by atoms with van der Waals surface area (Å²) in [4.78, 5) is 0. The third-order valence-electron chi connectivity index (χ3n) is 5.64. The molecular formula is C27H42O2. The highest BCUT2D eigenvalue weighted by atomic mass is 16.3. The third kappa shape index (κ3) is 6.80. The predicted octanol–water partition coefficient (Wildman–Crippen LogP) is 7.76. The fourth-order valence-corrected chi connectivity index (χ4v) is 3.44. The summed E-state index contributed by atoms with van der Waals surface area (Å²) >= 11 is 0. The van der Waals surface area contributed by atoms with Gasteiger partial charge in [0.05, 0.1) is 0 Å². The van der Waals surface area contributed by atoms with Crippen LogP contribution in [-0.2, 0) is 10.8 Å². The number of hydrogen-bond acceptors (Lipinski definition) is 2. The number of aromatic hydroxyl groups is 2. The van der Waals surface area contributed by atoms with Crippen LogP contribution in [0, 0.1) is 19.8 Å². The second-order valence-electron chi connectivity index (χ2n) is 10.8. The molecule has 2 rings (SSSR count). The molecular weight excluding hydrogens is 356 g/mol. The quantitative estimate of drug-likeness (QED) is 0.542. The van der Waals surface area contributed by atoms with Crippen LogP contribution in [0.1, 0.15) is 96.0 Å². The van der Waals surface area contributed by atoms with E-state index in [1.807, 2.05) is 25.1 Å². The summed E-state index contributed by atoms with van der Waals surface area (Å²) in [7, 11) is 0. The summed E-state index contributed by atoms with van der Waals surface area (Å²) in [5.41, 5.74) is 5.72. The molecule has 2 nitrogen and oxygen atoms in total. The highest BCUT2D eigenvalue weighted by Crippen LogP contribution is 2.36. The predicted molar refractivity (Wildman–Crippen MR) is 126 cm³/mol. The van der Waals surface area contributed by atoms with Gasteiger partial charge in [-0.15, -0.1) is 0 Å². The lowest BCUT2D eigenvalue weighted by Crippen LogP contribution is -2.14. The first-order chi connectivity index (χ1) is 13.1. The second kappa shape index (κ2) is 9.24. The Hall–Kier alpha value is -1.96. The van der Waals surface area contributed by atoms with Crippen molar-refractivity contribution in [3.05, 3.63) is 58.1 Å². The lowest BCUT2D eigenvalue weighted by molar-refractivity contribution is 0.443. The van der Waals surface area contributed by atoms with Gasteiger partial charge in [0.25, 0.3) is 0 Å². The molecule has 0 fully saturated rings. The molecule has 0 aliphatic rings. The van der Waals surface area contributed by atoms with Crippen molar-refractivity contribution in [2.75, 3.05) is 0 Å². The number of hydrogen-bond donors (Lipinski definition) is 2. The van der Waals surface area contributed by atoms with Crippen molar-refractivity contribution >= 4 is 0 Å². The molecule has 0 heterocycles. The van der Waals surface area contributed by atoms with Crippen LogP contribution in [-0.4, -0.2) is 10.2 Å². The van der Waals surface area contributed by atoms with Crippen LogP contribution in [0.25, 0.3) is 0 Å². The molecule has 0 aliphatic carbocycles. The van der Waals surface area contributed by atoms with E-state index in [2.05, 4.69) is 75.3 Å². The van der Waals surface area contributed by atoms with Gasteiger partial charge in [-0.05, 0) is 76.5 Å². The number of phenols is 2. The Morgan fingerprint density at radius 2 is 1.17 bits per heavy atom. The van der Waals surface area contributed by atoms with Gasteiger partial charge >= 0.3 is 0 Å². The number of phenolic OH excluding ortho intramolecular Hbond substituents is 2. The van der Waals surface area contributed by atoms with E-state index in [9.17, 15) is 10.2 Å². The Balaban J connectivity index is 0.000000308. The van der Waals surface area contributed by atoms with Crippen LogP contribution < -0.4 is 0 Å². The lowest BCUT2D eigenvalue weighted by atomic mass is 9.80. The average Bonchev–Trinajstić information content (AvgIpc) is 2.52. The van der Waals surface area contributed by atoms with Gasteiger partial charge in [-0.2, -0.15) is 0 Å². The Bertz CT molecular complexity index is 818. The standard InChI is InChI=1S/C16H26O.C11H16O/c1-10(2)12(4)13-9-14(16(5,6)7)15(17)8-11(13)3;1-8-5-6-9(10(12)7-8)11(2,3)4/h8-10,12,17H,1-7H3;5-7,12H,1-4H3. The average molecular weight is 399 g/mol. The molecule has 2 aromatic carbocycles. The number of benzene rings is 2. The minimum Gasteiger partial charge on any atom is -0.508 e. The number of aryl methyl sites for hydroxylation is 2. The fraction of sp³-hybridized carbons (Fsp3) is 0.556. The van der Waals surface area contributed by atoms with Gasteiger partial charge in [-0.3, -0.25) is 0 Å². The maximum atomic E-state index is 10.1. The van der Waals surface area contributed by atoms with Crippen molar-refractivity contribution in [2.24, 2.45) is 5.92 Å². The molecule has 1 atom stereocenters. The molecule has 0 aliphatic heterocycles.